The molecule has 3 rings (SSSR count). The molecular weight excluding hydrogens is 573 g/mol. The average Bonchev–Trinajstić information content (AvgIpc) is 2.79. The van der Waals surface area contributed by atoms with Crippen LogP contribution in [-0.4, -0.2) is 64.1 Å². The third-order valence-corrected chi connectivity index (χ3v) is 5.12. The van der Waals surface area contributed by atoms with Crippen LogP contribution < -0.4 is 51.9 Å². The molecule has 1 aromatic rings. The van der Waals surface area contributed by atoms with Crippen molar-refractivity contribution in [3.05, 3.63) is 53.5 Å². The lowest BCUT2D eigenvalue weighted by atomic mass is 9.94. The lowest BCUT2D eigenvalue weighted by Crippen LogP contribution is -2.68. The summed E-state index contributed by atoms with van der Waals surface area (Å²) in [5.41, 5.74) is 4.18. The Bertz CT molecular complexity index is 1330. The first-order valence-electron chi connectivity index (χ1n) is 11.6. The Balaban J connectivity index is 0.000000686. The zero-order chi connectivity index (χ0) is 30.8. The van der Waals surface area contributed by atoms with Crippen LogP contribution >= 0.6 is 0 Å². The fraction of sp³-hybridized carbons (Fsp3) is 0.360. The first-order valence-corrected chi connectivity index (χ1v) is 14.1. The Labute approximate surface area is 236 Å². The van der Waals surface area contributed by atoms with Gasteiger partial charge < -0.3 is 14.1 Å². The molecule has 0 spiro atoms. The van der Waals surface area contributed by atoms with E-state index in [0.29, 0.717) is 0 Å². The standard InChI is InChI=1S/C25H33N3O2.2ClHO4/c1-8-28(9-2)19-10-12-21-23(14-19)30-24-15-20(29-7)11-13-22(24)25(21)18(16-26(3)4)17-27(5)6;2*2-1(3,4)5/h10-17H,8-9H2,1-7H3;2*(H,2,3,4,5)/q+2;;/p-2. The van der Waals surface area contributed by atoms with Crippen molar-refractivity contribution >= 4 is 22.8 Å². The van der Waals surface area contributed by atoms with E-state index in [-0.39, 0.29) is 0 Å². The van der Waals surface area contributed by atoms with Gasteiger partial charge in [0, 0.05) is 48.9 Å². The molecular formula is C25H33Cl2N3O10. The minimum atomic E-state index is -4.94. The Kier molecular flexibility index (Phi) is 13.4. The minimum Gasteiger partial charge on any atom is -0.497 e. The summed E-state index contributed by atoms with van der Waals surface area (Å²) in [6.07, 6.45) is 4.30. The van der Waals surface area contributed by atoms with Crippen LogP contribution in [0, 0.1) is 20.5 Å². The Morgan fingerprint density at radius 1 is 0.900 bits per heavy atom. The van der Waals surface area contributed by atoms with E-state index in [9.17, 15) is 0 Å². The quantitative estimate of drug-likeness (QED) is 0.146. The van der Waals surface area contributed by atoms with E-state index in [4.69, 9.17) is 46.4 Å². The molecule has 0 amide bonds. The maximum atomic E-state index is 8.49. The summed E-state index contributed by atoms with van der Waals surface area (Å²) in [6, 6.07) is 12.5. The van der Waals surface area contributed by atoms with Crippen LogP contribution in [0.25, 0.3) is 27.9 Å². The predicted octanol–water partition coefficient (Wildman–Crippen LogP) is -5.91. The van der Waals surface area contributed by atoms with Crippen LogP contribution in [0.2, 0.25) is 0 Å². The molecule has 0 saturated carbocycles. The fourth-order valence-electron chi connectivity index (χ4n) is 3.80. The van der Waals surface area contributed by atoms with E-state index >= 15 is 0 Å². The monoisotopic (exact) mass is 605 g/mol. The normalized spacial score (nSPS) is 11.7. The molecule has 15 heteroatoms. The molecule has 0 fully saturated rings. The fourth-order valence-corrected chi connectivity index (χ4v) is 3.80. The Hall–Kier alpha value is -2.82. The van der Waals surface area contributed by atoms with Crippen molar-refractivity contribution < 1.29 is 71.5 Å². The Morgan fingerprint density at radius 2 is 1.45 bits per heavy atom. The summed E-state index contributed by atoms with van der Waals surface area (Å²) < 4.78 is 84.2. The van der Waals surface area contributed by atoms with Crippen LogP contribution in [0.15, 0.2) is 47.0 Å². The van der Waals surface area contributed by atoms with Crippen LogP contribution in [0.3, 0.4) is 0 Å². The van der Waals surface area contributed by atoms with E-state index in [1.54, 1.807) is 7.11 Å². The molecule has 40 heavy (non-hydrogen) atoms. The van der Waals surface area contributed by atoms with Gasteiger partial charge in [-0.15, -0.1) is 20.5 Å². The molecule has 2 aliphatic rings. The highest BCUT2D eigenvalue weighted by Crippen LogP contribution is 2.37. The van der Waals surface area contributed by atoms with Gasteiger partial charge >= 0.3 is 0 Å². The number of methoxy groups -OCH3 is 1. The molecule has 1 aliphatic heterocycles. The van der Waals surface area contributed by atoms with E-state index in [0.717, 1.165) is 52.3 Å². The third kappa shape index (κ3) is 12.6. The summed E-state index contributed by atoms with van der Waals surface area (Å²) in [4.78, 5) is 2.07. The van der Waals surface area contributed by atoms with Crippen LogP contribution in [0.4, 0.5) is 0 Å². The minimum absolute atomic E-state index is 0.783. The second-order valence-electron chi connectivity index (χ2n) is 8.59. The van der Waals surface area contributed by atoms with Gasteiger partial charge in [-0.05, 0) is 32.0 Å². The van der Waals surface area contributed by atoms with Crippen LogP contribution in [0.5, 0.6) is 5.75 Å². The van der Waals surface area contributed by atoms with Crippen molar-refractivity contribution in [3.8, 4) is 17.1 Å². The highest BCUT2D eigenvalue weighted by atomic mass is 35.7. The predicted molar refractivity (Wildman–Crippen MR) is 126 cm³/mol. The van der Waals surface area contributed by atoms with E-state index in [1.807, 2.05) is 40.3 Å². The van der Waals surface area contributed by atoms with E-state index < -0.39 is 20.5 Å². The maximum absolute atomic E-state index is 8.49. The van der Waals surface area contributed by atoms with Crippen molar-refractivity contribution in [2.45, 2.75) is 13.8 Å². The molecule has 1 aromatic carbocycles. The highest BCUT2D eigenvalue weighted by Gasteiger charge is 2.21. The van der Waals surface area contributed by atoms with Gasteiger partial charge in [0.2, 0.25) is 5.36 Å². The van der Waals surface area contributed by atoms with Gasteiger partial charge in [-0.1, -0.05) is 0 Å². The SMILES string of the molecule is CC[N+](CC)=c1ccc2c(/C(C=[N+](C)C)=C\N(C)C)c3ccc(OC)cc3oc-2c1.[O-][Cl+3]([O-])([O-])[O-].[O-][Cl+3]([O-])([O-])[O-]. The zero-order valence-corrected chi connectivity index (χ0v) is 24.7. The van der Waals surface area contributed by atoms with Gasteiger partial charge in [0.05, 0.1) is 18.7 Å². The lowest BCUT2D eigenvalue weighted by molar-refractivity contribution is -2.00. The number of hydrogen-bond donors (Lipinski definition) is 0. The lowest BCUT2D eigenvalue weighted by Gasteiger charge is -2.17. The van der Waals surface area contributed by atoms with Crippen LogP contribution in [-0.2, 0) is 0 Å². The van der Waals surface area contributed by atoms with Crippen LogP contribution in [0.1, 0.15) is 19.4 Å². The number of hydrogen-bond acceptors (Lipinski definition) is 11. The second-order valence-corrected chi connectivity index (χ2v) is 10.1. The summed E-state index contributed by atoms with van der Waals surface area (Å²) in [5.74, 6) is 1.65. The summed E-state index contributed by atoms with van der Waals surface area (Å²) in [7, 11) is -0.0321. The molecule has 0 bridgehead atoms. The van der Waals surface area contributed by atoms with E-state index in [2.05, 4.69) is 64.6 Å². The van der Waals surface area contributed by atoms with Crippen molar-refractivity contribution in [1.82, 2.24) is 9.48 Å². The van der Waals surface area contributed by atoms with Crippen molar-refractivity contribution in [2.75, 3.05) is 48.4 Å². The number of ether oxygens (including phenoxy) is 1. The van der Waals surface area contributed by atoms with Gasteiger partial charge in [-0.3, -0.25) is 0 Å². The van der Waals surface area contributed by atoms with E-state index in [1.165, 1.54) is 5.36 Å². The summed E-state index contributed by atoms with van der Waals surface area (Å²) in [6.45, 7) is 6.25. The molecule has 222 valence electrons. The molecule has 0 aromatic heterocycles. The van der Waals surface area contributed by atoms with Gasteiger partial charge in [-0.25, -0.2) is 46.4 Å². The van der Waals surface area contributed by atoms with Crippen molar-refractivity contribution in [2.24, 2.45) is 0 Å². The van der Waals surface area contributed by atoms with Gasteiger partial charge in [-0.2, -0.15) is 0 Å². The number of halogens is 2. The topological polar surface area (TPSA) is 216 Å². The first-order chi connectivity index (χ1) is 18.4. The van der Waals surface area contributed by atoms with Gasteiger partial charge in [0.15, 0.2) is 6.21 Å². The molecule has 0 saturated heterocycles. The third-order valence-electron chi connectivity index (χ3n) is 5.12. The molecule has 1 heterocycles. The number of nitrogens with zero attached hydrogens (tertiary/aromatic N) is 3. The molecule has 0 unspecified atom stereocenters. The number of fused-ring (bicyclic) bond motifs is 2. The number of benzene rings is 2. The molecule has 0 N–H and O–H groups in total. The largest absolute Gasteiger partial charge is 0.497 e. The Morgan fingerprint density at radius 3 is 1.90 bits per heavy atom. The number of rotatable bonds is 6. The molecule has 1 aliphatic carbocycles. The smallest absolute Gasteiger partial charge is 0.203 e. The van der Waals surface area contributed by atoms with Crippen molar-refractivity contribution in [3.63, 3.8) is 0 Å². The summed E-state index contributed by atoms with van der Waals surface area (Å²) >= 11 is 0. The average molecular weight is 606 g/mol. The van der Waals surface area contributed by atoms with Crippen molar-refractivity contribution in [1.29, 1.82) is 0 Å². The number of allylic oxidation sites excluding steroid dienone is 1. The summed E-state index contributed by atoms with van der Waals surface area (Å²) in [5, 5.41) is 2.23. The zero-order valence-electron chi connectivity index (χ0n) is 23.2. The molecule has 0 atom stereocenters. The second kappa shape index (κ2) is 15.3. The maximum Gasteiger partial charge on any atom is 0.203 e. The van der Waals surface area contributed by atoms with Gasteiger partial charge in [0.25, 0.3) is 0 Å². The molecule has 0 radical (unpaired) electrons. The first kappa shape index (κ1) is 35.2. The van der Waals surface area contributed by atoms with Gasteiger partial charge in [0.1, 0.15) is 44.3 Å². The molecule has 13 nitrogen and oxygen atoms in total. The highest BCUT2D eigenvalue weighted by molar-refractivity contribution is 6.15.